The van der Waals surface area contributed by atoms with Crippen molar-refractivity contribution in [2.75, 3.05) is 17.6 Å². The number of amides is 1. The van der Waals surface area contributed by atoms with E-state index in [9.17, 15) is 4.79 Å². The van der Waals surface area contributed by atoms with Crippen molar-refractivity contribution in [1.29, 1.82) is 0 Å². The average Bonchev–Trinajstić information content (AvgIpc) is 2.35. The van der Waals surface area contributed by atoms with Gasteiger partial charge in [0.15, 0.2) is 0 Å². The monoisotopic (exact) mass is 286 g/mol. The van der Waals surface area contributed by atoms with E-state index in [1.54, 1.807) is 6.20 Å². The Bertz CT molecular complexity index is 674. The van der Waals surface area contributed by atoms with E-state index in [1.165, 1.54) is 0 Å². The fourth-order valence-corrected chi connectivity index (χ4v) is 2.16. The standard InChI is InChI=1S/C16H22N4O/c1-10-7-11-12(8-18-10)13(17)5-6-14(11)19-9-15(21)20-16(2,3)4/h5-8,19H,9,17H2,1-4H3,(H,20,21). The number of rotatable bonds is 3. The Morgan fingerprint density at radius 2 is 2.00 bits per heavy atom. The number of nitrogens with two attached hydrogens (primary N) is 1. The number of benzene rings is 1. The Balaban J connectivity index is 2.21. The van der Waals surface area contributed by atoms with Gasteiger partial charge >= 0.3 is 0 Å². The van der Waals surface area contributed by atoms with Crippen LogP contribution in [-0.2, 0) is 4.79 Å². The van der Waals surface area contributed by atoms with E-state index in [0.717, 1.165) is 22.2 Å². The Morgan fingerprint density at radius 3 is 2.67 bits per heavy atom. The van der Waals surface area contributed by atoms with Crippen LogP contribution in [0, 0.1) is 6.92 Å². The number of pyridine rings is 1. The predicted octanol–water partition coefficient (Wildman–Crippen LogP) is 2.45. The molecule has 21 heavy (non-hydrogen) atoms. The van der Waals surface area contributed by atoms with Crippen LogP contribution in [0.25, 0.3) is 10.8 Å². The van der Waals surface area contributed by atoms with E-state index >= 15 is 0 Å². The van der Waals surface area contributed by atoms with E-state index in [1.807, 2.05) is 45.9 Å². The zero-order valence-electron chi connectivity index (χ0n) is 12.9. The van der Waals surface area contributed by atoms with Crippen molar-refractivity contribution in [2.24, 2.45) is 0 Å². The van der Waals surface area contributed by atoms with Crippen molar-refractivity contribution in [3.8, 4) is 0 Å². The van der Waals surface area contributed by atoms with Gasteiger partial charge in [-0.2, -0.15) is 0 Å². The Kier molecular flexibility index (Phi) is 4.02. The van der Waals surface area contributed by atoms with Gasteiger partial charge in [0.25, 0.3) is 0 Å². The summed E-state index contributed by atoms with van der Waals surface area (Å²) in [5.74, 6) is -0.0433. The second kappa shape index (κ2) is 5.60. The summed E-state index contributed by atoms with van der Waals surface area (Å²) >= 11 is 0. The third-order valence-corrected chi connectivity index (χ3v) is 3.03. The number of hydrogen-bond donors (Lipinski definition) is 3. The molecular weight excluding hydrogens is 264 g/mol. The zero-order chi connectivity index (χ0) is 15.6. The number of aromatic nitrogens is 1. The minimum atomic E-state index is -0.234. The van der Waals surface area contributed by atoms with Gasteiger partial charge in [0.2, 0.25) is 5.91 Å². The first-order valence-corrected chi connectivity index (χ1v) is 6.96. The Labute approximate surface area is 124 Å². The van der Waals surface area contributed by atoms with Crippen molar-refractivity contribution in [3.05, 3.63) is 30.1 Å². The lowest BCUT2D eigenvalue weighted by atomic mass is 10.1. The maximum absolute atomic E-state index is 11.9. The van der Waals surface area contributed by atoms with Crippen LogP contribution in [-0.4, -0.2) is 23.0 Å². The largest absolute Gasteiger partial charge is 0.398 e. The molecule has 1 aromatic heterocycles. The summed E-state index contributed by atoms with van der Waals surface area (Å²) in [6, 6.07) is 5.68. The molecule has 0 aliphatic carbocycles. The summed E-state index contributed by atoms with van der Waals surface area (Å²) in [7, 11) is 0. The highest BCUT2D eigenvalue weighted by Gasteiger charge is 2.13. The molecule has 0 aliphatic rings. The molecule has 5 heteroatoms. The minimum absolute atomic E-state index is 0.0433. The number of nitrogen functional groups attached to an aromatic ring is 1. The Hall–Kier alpha value is -2.30. The normalized spacial score (nSPS) is 11.4. The van der Waals surface area contributed by atoms with Crippen LogP contribution in [0.1, 0.15) is 26.5 Å². The molecule has 4 N–H and O–H groups in total. The summed E-state index contributed by atoms with van der Waals surface area (Å²) in [6.45, 7) is 8.02. The summed E-state index contributed by atoms with van der Waals surface area (Å²) in [5, 5.41) is 7.96. The van der Waals surface area contributed by atoms with E-state index in [4.69, 9.17) is 5.73 Å². The first kappa shape index (κ1) is 15.1. The van der Waals surface area contributed by atoms with Gasteiger partial charge in [-0.3, -0.25) is 9.78 Å². The van der Waals surface area contributed by atoms with Crippen LogP contribution < -0.4 is 16.4 Å². The lowest BCUT2D eigenvalue weighted by Crippen LogP contribution is -2.43. The van der Waals surface area contributed by atoms with Gasteiger partial charge in [-0.1, -0.05) is 0 Å². The molecule has 112 valence electrons. The Morgan fingerprint density at radius 1 is 1.29 bits per heavy atom. The summed E-state index contributed by atoms with van der Waals surface area (Å²) in [4.78, 5) is 16.2. The highest BCUT2D eigenvalue weighted by Crippen LogP contribution is 2.28. The van der Waals surface area contributed by atoms with Crippen LogP contribution in [0.15, 0.2) is 24.4 Å². The lowest BCUT2D eigenvalue weighted by Gasteiger charge is -2.21. The van der Waals surface area contributed by atoms with E-state index in [-0.39, 0.29) is 18.0 Å². The molecule has 5 nitrogen and oxygen atoms in total. The number of carbonyl (C=O) groups excluding carboxylic acids is 1. The summed E-state index contributed by atoms with van der Waals surface area (Å²) < 4.78 is 0. The molecular formula is C16H22N4O. The van der Waals surface area contributed by atoms with E-state index in [0.29, 0.717) is 5.69 Å². The van der Waals surface area contributed by atoms with Crippen molar-refractivity contribution in [3.63, 3.8) is 0 Å². The fraction of sp³-hybridized carbons (Fsp3) is 0.375. The van der Waals surface area contributed by atoms with Crippen LogP contribution in [0.2, 0.25) is 0 Å². The number of carbonyl (C=O) groups is 1. The molecule has 2 aromatic rings. The molecule has 0 fully saturated rings. The zero-order valence-corrected chi connectivity index (χ0v) is 12.9. The van der Waals surface area contributed by atoms with Gasteiger partial charge in [0.1, 0.15) is 0 Å². The smallest absolute Gasteiger partial charge is 0.239 e. The molecule has 1 heterocycles. The topological polar surface area (TPSA) is 80.0 Å². The van der Waals surface area contributed by atoms with Crippen molar-refractivity contribution in [1.82, 2.24) is 10.3 Å². The van der Waals surface area contributed by atoms with Crippen LogP contribution in [0.5, 0.6) is 0 Å². The van der Waals surface area contributed by atoms with Crippen LogP contribution >= 0.6 is 0 Å². The van der Waals surface area contributed by atoms with Gasteiger partial charge in [0.05, 0.1) is 6.54 Å². The van der Waals surface area contributed by atoms with Gasteiger partial charge in [-0.05, 0) is 45.9 Å². The van der Waals surface area contributed by atoms with Crippen LogP contribution in [0.4, 0.5) is 11.4 Å². The summed E-state index contributed by atoms with van der Waals surface area (Å²) in [5.41, 5.74) is 8.21. The second-order valence-corrected chi connectivity index (χ2v) is 6.23. The number of anilines is 2. The number of fused-ring (bicyclic) bond motifs is 1. The van der Waals surface area contributed by atoms with Gasteiger partial charge in [-0.25, -0.2) is 0 Å². The highest BCUT2D eigenvalue weighted by molar-refractivity contribution is 6.01. The van der Waals surface area contributed by atoms with E-state index in [2.05, 4.69) is 15.6 Å². The van der Waals surface area contributed by atoms with Gasteiger partial charge in [-0.15, -0.1) is 0 Å². The molecule has 0 saturated heterocycles. The molecule has 0 aliphatic heterocycles. The molecule has 0 saturated carbocycles. The molecule has 0 radical (unpaired) electrons. The number of nitrogens with one attached hydrogen (secondary N) is 2. The van der Waals surface area contributed by atoms with Gasteiger partial charge in [0, 0.05) is 39.6 Å². The molecule has 0 spiro atoms. The molecule has 0 bridgehead atoms. The number of aryl methyl sites for hydroxylation is 1. The third kappa shape index (κ3) is 3.84. The SMILES string of the molecule is Cc1cc2c(NCC(=O)NC(C)(C)C)ccc(N)c2cn1. The molecule has 0 atom stereocenters. The van der Waals surface area contributed by atoms with Crippen molar-refractivity contribution < 1.29 is 4.79 Å². The fourth-order valence-electron chi connectivity index (χ4n) is 2.16. The highest BCUT2D eigenvalue weighted by atomic mass is 16.2. The predicted molar refractivity (Wildman–Crippen MR) is 87.3 cm³/mol. The second-order valence-electron chi connectivity index (χ2n) is 6.23. The molecule has 1 amide bonds. The maximum Gasteiger partial charge on any atom is 0.239 e. The quantitative estimate of drug-likeness (QED) is 0.757. The average molecular weight is 286 g/mol. The molecule has 0 unspecified atom stereocenters. The number of nitrogens with zero attached hydrogens (tertiary/aromatic N) is 1. The van der Waals surface area contributed by atoms with Crippen molar-refractivity contribution in [2.45, 2.75) is 33.2 Å². The maximum atomic E-state index is 11.9. The summed E-state index contributed by atoms with van der Waals surface area (Å²) in [6.07, 6.45) is 1.76. The molecule has 1 aromatic carbocycles. The number of hydrogen-bond acceptors (Lipinski definition) is 4. The van der Waals surface area contributed by atoms with Crippen molar-refractivity contribution >= 4 is 28.1 Å². The van der Waals surface area contributed by atoms with Gasteiger partial charge < -0.3 is 16.4 Å². The third-order valence-electron chi connectivity index (χ3n) is 3.03. The minimum Gasteiger partial charge on any atom is -0.398 e. The first-order valence-electron chi connectivity index (χ1n) is 6.96. The lowest BCUT2D eigenvalue weighted by molar-refractivity contribution is -0.120. The van der Waals surface area contributed by atoms with Crippen LogP contribution in [0.3, 0.4) is 0 Å². The first-order chi connectivity index (χ1) is 9.76. The van der Waals surface area contributed by atoms with E-state index < -0.39 is 0 Å². The molecule has 2 rings (SSSR count).